The zero-order valence-electron chi connectivity index (χ0n) is 7.56. The van der Waals surface area contributed by atoms with Crippen molar-refractivity contribution in [1.82, 2.24) is 10.2 Å². The summed E-state index contributed by atoms with van der Waals surface area (Å²) in [5.74, 6) is 0. The lowest BCUT2D eigenvalue weighted by atomic mass is 10.2. The number of nitrogens with one attached hydrogen (secondary N) is 1. The summed E-state index contributed by atoms with van der Waals surface area (Å²) in [6.45, 7) is 4.86. The Balaban J connectivity index is 1.79. The van der Waals surface area contributed by atoms with Crippen molar-refractivity contribution in [3.8, 4) is 0 Å². The Morgan fingerprint density at radius 3 is 2.64 bits per heavy atom. The van der Waals surface area contributed by atoms with Gasteiger partial charge in [-0.1, -0.05) is 0 Å². The molecule has 2 nitrogen and oxygen atoms in total. The average molecular weight is 154 g/mol. The molecular weight excluding hydrogens is 136 g/mol. The molecule has 1 N–H and O–H groups in total. The molecule has 11 heavy (non-hydrogen) atoms. The lowest BCUT2D eigenvalue weighted by Gasteiger charge is -2.17. The molecule has 0 aromatic heterocycles. The molecule has 2 fully saturated rings. The number of likely N-dealkylation sites (tertiary alicyclic amines) is 1. The van der Waals surface area contributed by atoms with Crippen LogP contribution in [-0.2, 0) is 0 Å². The molecule has 2 heteroatoms. The highest BCUT2D eigenvalue weighted by atomic mass is 15.2. The molecule has 0 spiro atoms. The maximum absolute atomic E-state index is 3.72. The summed E-state index contributed by atoms with van der Waals surface area (Å²) >= 11 is 0. The van der Waals surface area contributed by atoms with Crippen LogP contribution < -0.4 is 5.32 Å². The third-order valence-corrected chi connectivity index (χ3v) is 2.94. The van der Waals surface area contributed by atoms with Crippen LogP contribution in [0.2, 0.25) is 0 Å². The van der Waals surface area contributed by atoms with Crippen molar-refractivity contribution in [2.45, 2.75) is 37.8 Å². The van der Waals surface area contributed by atoms with Crippen LogP contribution in [0.25, 0.3) is 0 Å². The molecule has 1 heterocycles. The first kappa shape index (κ1) is 7.56. The fourth-order valence-electron chi connectivity index (χ4n) is 1.88. The molecule has 0 aromatic carbocycles. The average Bonchev–Trinajstić information content (AvgIpc) is 2.49. The van der Waals surface area contributed by atoms with E-state index >= 15 is 0 Å². The van der Waals surface area contributed by atoms with Crippen molar-refractivity contribution in [3.05, 3.63) is 0 Å². The molecule has 1 saturated heterocycles. The first-order valence-electron chi connectivity index (χ1n) is 4.64. The van der Waals surface area contributed by atoms with Crippen LogP contribution in [0, 0.1) is 0 Å². The van der Waals surface area contributed by atoms with E-state index in [1.54, 1.807) is 0 Å². The van der Waals surface area contributed by atoms with E-state index in [0.717, 1.165) is 6.04 Å². The van der Waals surface area contributed by atoms with Crippen LogP contribution in [0.15, 0.2) is 0 Å². The zero-order chi connectivity index (χ0) is 7.90. The fourth-order valence-corrected chi connectivity index (χ4v) is 1.88. The van der Waals surface area contributed by atoms with E-state index in [1.165, 1.54) is 32.4 Å². The Morgan fingerprint density at radius 2 is 2.18 bits per heavy atom. The van der Waals surface area contributed by atoms with E-state index in [1.807, 2.05) is 0 Å². The third kappa shape index (κ3) is 1.74. The van der Waals surface area contributed by atoms with Crippen LogP contribution in [0.3, 0.4) is 0 Å². The Morgan fingerprint density at radius 1 is 1.45 bits per heavy atom. The van der Waals surface area contributed by atoms with E-state index < -0.39 is 0 Å². The highest BCUT2D eigenvalue weighted by molar-refractivity contribution is 5.00. The standard InChI is InChI=1S/C9H18N2/c1-9(4-5-9)10-8-3-6-11(2)7-8/h8,10H,3-7H2,1-2H3. The number of hydrogen-bond donors (Lipinski definition) is 1. The van der Waals surface area contributed by atoms with Crippen molar-refractivity contribution in [1.29, 1.82) is 0 Å². The van der Waals surface area contributed by atoms with E-state index in [9.17, 15) is 0 Å². The SMILES string of the molecule is CN1CCC(NC2(C)CC2)C1. The predicted octanol–water partition coefficient (Wildman–Crippen LogP) is 0.833. The van der Waals surface area contributed by atoms with E-state index in [2.05, 4.69) is 24.2 Å². The van der Waals surface area contributed by atoms with Crippen molar-refractivity contribution >= 4 is 0 Å². The lowest BCUT2D eigenvalue weighted by Crippen LogP contribution is -2.39. The fraction of sp³-hybridized carbons (Fsp3) is 1.00. The van der Waals surface area contributed by atoms with Gasteiger partial charge in [-0.3, -0.25) is 0 Å². The highest BCUT2D eigenvalue weighted by Gasteiger charge is 2.39. The van der Waals surface area contributed by atoms with E-state index in [-0.39, 0.29) is 0 Å². The molecule has 64 valence electrons. The molecule has 0 amide bonds. The molecule has 0 radical (unpaired) electrons. The van der Waals surface area contributed by atoms with Gasteiger partial charge in [0.15, 0.2) is 0 Å². The van der Waals surface area contributed by atoms with Crippen molar-refractivity contribution in [3.63, 3.8) is 0 Å². The monoisotopic (exact) mass is 154 g/mol. The van der Waals surface area contributed by atoms with Gasteiger partial charge in [-0.15, -0.1) is 0 Å². The second kappa shape index (κ2) is 2.46. The summed E-state index contributed by atoms with van der Waals surface area (Å²) in [6.07, 6.45) is 4.10. The molecule has 1 unspecified atom stereocenters. The lowest BCUT2D eigenvalue weighted by molar-refractivity contribution is 0.380. The quantitative estimate of drug-likeness (QED) is 0.634. The number of rotatable bonds is 2. The van der Waals surface area contributed by atoms with Gasteiger partial charge in [-0.2, -0.15) is 0 Å². The summed E-state index contributed by atoms with van der Waals surface area (Å²) in [6, 6.07) is 0.771. The minimum atomic E-state index is 0.524. The van der Waals surface area contributed by atoms with E-state index in [4.69, 9.17) is 0 Å². The van der Waals surface area contributed by atoms with Gasteiger partial charge in [-0.05, 0) is 39.8 Å². The third-order valence-electron chi connectivity index (χ3n) is 2.94. The van der Waals surface area contributed by atoms with Crippen LogP contribution in [0.4, 0.5) is 0 Å². The maximum atomic E-state index is 3.72. The second-order valence-electron chi connectivity index (χ2n) is 4.45. The number of likely N-dealkylation sites (N-methyl/N-ethyl adjacent to an activating group) is 1. The van der Waals surface area contributed by atoms with Gasteiger partial charge in [0.1, 0.15) is 0 Å². The second-order valence-corrected chi connectivity index (χ2v) is 4.45. The number of nitrogens with zero attached hydrogens (tertiary/aromatic N) is 1. The Labute approximate surface area is 69.0 Å². The summed E-state index contributed by atoms with van der Waals surface area (Å²) < 4.78 is 0. The first-order chi connectivity index (χ1) is 5.18. The van der Waals surface area contributed by atoms with Crippen LogP contribution >= 0.6 is 0 Å². The topological polar surface area (TPSA) is 15.3 Å². The predicted molar refractivity (Wildman–Crippen MR) is 46.7 cm³/mol. The highest BCUT2D eigenvalue weighted by Crippen LogP contribution is 2.35. The zero-order valence-corrected chi connectivity index (χ0v) is 7.56. The van der Waals surface area contributed by atoms with Gasteiger partial charge in [0.2, 0.25) is 0 Å². The molecule has 1 aliphatic carbocycles. The Kier molecular flexibility index (Phi) is 1.69. The van der Waals surface area contributed by atoms with Gasteiger partial charge in [0, 0.05) is 18.1 Å². The Hall–Kier alpha value is -0.0800. The number of hydrogen-bond acceptors (Lipinski definition) is 2. The Bertz CT molecular complexity index is 152. The largest absolute Gasteiger partial charge is 0.307 e. The molecule has 0 aromatic rings. The summed E-state index contributed by atoms with van der Waals surface area (Å²) in [7, 11) is 2.21. The smallest absolute Gasteiger partial charge is 0.0212 e. The van der Waals surface area contributed by atoms with Crippen molar-refractivity contribution in [2.24, 2.45) is 0 Å². The van der Waals surface area contributed by atoms with Gasteiger partial charge in [0.05, 0.1) is 0 Å². The molecule has 1 saturated carbocycles. The summed E-state index contributed by atoms with van der Waals surface area (Å²) in [4.78, 5) is 2.41. The molecule has 2 aliphatic rings. The first-order valence-corrected chi connectivity index (χ1v) is 4.64. The minimum Gasteiger partial charge on any atom is -0.307 e. The molecule has 0 bridgehead atoms. The minimum absolute atomic E-state index is 0.524. The van der Waals surface area contributed by atoms with Crippen LogP contribution in [0.1, 0.15) is 26.2 Å². The molecule has 2 rings (SSSR count). The van der Waals surface area contributed by atoms with Crippen LogP contribution in [0.5, 0.6) is 0 Å². The maximum Gasteiger partial charge on any atom is 0.0212 e. The molecular formula is C9H18N2. The van der Waals surface area contributed by atoms with Gasteiger partial charge < -0.3 is 10.2 Å². The van der Waals surface area contributed by atoms with Crippen molar-refractivity contribution in [2.75, 3.05) is 20.1 Å². The summed E-state index contributed by atoms with van der Waals surface area (Å²) in [5, 5.41) is 3.72. The van der Waals surface area contributed by atoms with Crippen molar-refractivity contribution < 1.29 is 0 Å². The molecule has 1 atom stereocenters. The van der Waals surface area contributed by atoms with Gasteiger partial charge in [0.25, 0.3) is 0 Å². The van der Waals surface area contributed by atoms with E-state index in [0.29, 0.717) is 5.54 Å². The normalized spacial score (nSPS) is 36.0. The van der Waals surface area contributed by atoms with Crippen LogP contribution in [-0.4, -0.2) is 36.6 Å². The van der Waals surface area contributed by atoms with Gasteiger partial charge in [-0.25, -0.2) is 0 Å². The van der Waals surface area contributed by atoms with Gasteiger partial charge >= 0.3 is 0 Å². The summed E-state index contributed by atoms with van der Waals surface area (Å²) in [5.41, 5.74) is 0.524. The molecule has 1 aliphatic heterocycles.